The molecule has 2 aliphatic heterocycles. The molecule has 1 unspecified atom stereocenters. The zero-order valence-corrected chi connectivity index (χ0v) is 39.9. The maximum Gasteiger partial charge on any atom is 0.145 e. The van der Waals surface area contributed by atoms with Gasteiger partial charge < -0.3 is 10.1 Å². The molecule has 3 aliphatic carbocycles. The minimum atomic E-state index is -0.786. The van der Waals surface area contributed by atoms with Crippen molar-refractivity contribution in [1.82, 2.24) is 5.32 Å². The molecule has 1 N–H and O–H groups in total. The highest BCUT2D eigenvalue weighted by atomic mass is 16.5. The van der Waals surface area contributed by atoms with E-state index in [0.29, 0.717) is 0 Å². The minimum absolute atomic E-state index is 0.270. The molecule has 15 rings (SSSR count). The van der Waals surface area contributed by atoms with Crippen LogP contribution in [0.2, 0.25) is 0 Å². The van der Waals surface area contributed by atoms with Crippen molar-refractivity contribution < 1.29 is 4.74 Å². The fourth-order valence-electron chi connectivity index (χ4n) is 13.3. The van der Waals surface area contributed by atoms with Crippen LogP contribution in [0, 0.1) is 0 Å². The fraction of sp³-hybridized carbons (Fsp3) is 0.0429. The number of benzene rings is 10. The summed E-state index contributed by atoms with van der Waals surface area (Å²) < 4.78 is 6.95. The topological polar surface area (TPSA) is 33.6 Å². The van der Waals surface area contributed by atoms with Gasteiger partial charge in [0.05, 0.1) is 22.8 Å². The Morgan fingerprint density at radius 2 is 1.00 bits per heavy atom. The second-order valence-corrected chi connectivity index (χ2v) is 19.8. The van der Waals surface area contributed by atoms with E-state index >= 15 is 0 Å². The van der Waals surface area contributed by atoms with E-state index in [-0.39, 0.29) is 6.17 Å². The predicted octanol–water partition coefficient (Wildman–Crippen LogP) is 16.2. The maximum atomic E-state index is 6.95. The summed E-state index contributed by atoms with van der Waals surface area (Å²) in [6.45, 7) is 4.60. The standard InChI is InChI=1S/C70H46N2O/c1-44-19-15-16-40-73-67-50(44)38-39-56-54-37-36-48(47-24-17-25-49(41-47)64-43-65(72-68(71-64)46-21-3-2-4-22-46)55-29-18-23-45-20-5-6-26-51(45)55)42-63(54)70(66(56)67)61-34-13-11-32-59(61)69(60-33-12-14-35-62(60)70)57-30-9-7-27-52(57)53-28-8-10-31-58(53)69/h2-43,68,71H,1H2/b19-15-,40-16-. The lowest BCUT2D eigenvalue weighted by molar-refractivity contribution is 0.465. The van der Waals surface area contributed by atoms with Gasteiger partial charge in [-0.2, -0.15) is 0 Å². The lowest BCUT2D eigenvalue weighted by Gasteiger charge is -2.49. The average Bonchev–Trinajstić information content (AvgIpc) is 3.93. The molecule has 2 spiro atoms. The van der Waals surface area contributed by atoms with E-state index in [1.165, 1.54) is 66.4 Å². The normalized spacial score (nSPS) is 17.5. The van der Waals surface area contributed by atoms with E-state index in [1.54, 1.807) is 0 Å². The first-order valence-corrected chi connectivity index (χ1v) is 25.2. The van der Waals surface area contributed by atoms with Crippen LogP contribution in [-0.2, 0) is 10.8 Å². The largest absolute Gasteiger partial charge is 0.464 e. The van der Waals surface area contributed by atoms with Crippen LogP contribution in [0.1, 0.15) is 72.9 Å². The zero-order chi connectivity index (χ0) is 48.3. The first-order valence-electron chi connectivity index (χ1n) is 25.2. The molecule has 0 bridgehead atoms. The Kier molecular flexibility index (Phi) is 9.00. The SMILES string of the molecule is C=C1/C=C\C=C/Oc2c1ccc1c2C2(c3cc(-c4cccc(C5=CC(c6cccc7ccccc67)=NC(c6ccccc6)N5)c4)ccc3-1)c1ccccc1C1(c3ccccc3-c3ccccc31)c1ccccc12. The van der Waals surface area contributed by atoms with Crippen molar-refractivity contribution in [1.29, 1.82) is 0 Å². The number of hydrogen-bond donors (Lipinski definition) is 1. The number of allylic oxidation sites excluding steroid dienone is 5. The number of nitrogens with zero attached hydrogens (tertiary/aromatic N) is 1. The van der Waals surface area contributed by atoms with E-state index in [4.69, 9.17) is 9.73 Å². The Labute approximate surface area is 425 Å². The van der Waals surface area contributed by atoms with Gasteiger partial charge in [-0.05, 0) is 124 Å². The van der Waals surface area contributed by atoms with Crippen molar-refractivity contribution in [2.45, 2.75) is 17.0 Å². The summed E-state index contributed by atoms with van der Waals surface area (Å²) in [6, 6.07) is 82.9. The number of rotatable bonds is 4. The van der Waals surface area contributed by atoms with Crippen molar-refractivity contribution in [3.63, 3.8) is 0 Å². The zero-order valence-electron chi connectivity index (χ0n) is 39.9. The average molecular weight is 931 g/mol. The third-order valence-electron chi connectivity index (χ3n) is 16.2. The Bertz CT molecular complexity index is 4030. The van der Waals surface area contributed by atoms with Crippen LogP contribution in [0.4, 0.5) is 0 Å². The van der Waals surface area contributed by atoms with Gasteiger partial charge in [0.2, 0.25) is 0 Å². The first kappa shape index (κ1) is 41.5. The first-order chi connectivity index (χ1) is 36.1. The highest BCUT2D eigenvalue weighted by molar-refractivity contribution is 6.19. The summed E-state index contributed by atoms with van der Waals surface area (Å²) in [5, 5.41) is 6.23. The number of fused-ring (bicyclic) bond motifs is 19. The van der Waals surface area contributed by atoms with Gasteiger partial charge >= 0.3 is 0 Å². The van der Waals surface area contributed by atoms with E-state index in [1.807, 2.05) is 18.4 Å². The van der Waals surface area contributed by atoms with E-state index in [0.717, 1.165) is 67.2 Å². The molecule has 342 valence electrons. The van der Waals surface area contributed by atoms with Gasteiger partial charge in [-0.15, -0.1) is 0 Å². The van der Waals surface area contributed by atoms with E-state index in [9.17, 15) is 0 Å². The van der Waals surface area contributed by atoms with Crippen molar-refractivity contribution in [3.8, 4) is 39.1 Å². The van der Waals surface area contributed by atoms with Crippen LogP contribution in [-0.4, -0.2) is 5.71 Å². The van der Waals surface area contributed by atoms with E-state index in [2.05, 4.69) is 249 Å². The van der Waals surface area contributed by atoms with Crippen molar-refractivity contribution >= 4 is 27.8 Å². The molecule has 5 aliphatic rings. The van der Waals surface area contributed by atoms with Gasteiger partial charge in [-0.1, -0.05) is 231 Å². The Hall–Kier alpha value is -9.31. The molecule has 1 atom stereocenters. The molecule has 0 amide bonds. The predicted molar refractivity (Wildman–Crippen MR) is 299 cm³/mol. The quantitative estimate of drug-likeness (QED) is 0.191. The van der Waals surface area contributed by atoms with Gasteiger partial charge in [0, 0.05) is 22.4 Å². The van der Waals surface area contributed by atoms with Crippen LogP contribution in [0.3, 0.4) is 0 Å². The van der Waals surface area contributed by atoms with Crippen molar-refractivity contribution in [2.75, 3.05) is 0 Å². The number of hydrogen-bond acceptors (Lipinski definition) is 3. The summed E-state index contributed by atoms with van der Waals surface area (Å²) in [4.78, 5) is 5.38. The second kappa shape index (κ2) is 15.8. The Morgan fingerprint density at radius 1 is 0.438 bits per heavy atom. The van der Waals surface area contributed by atoms with Crippen LogP contribution >= 0.6 is 0 Å². The lowest BCUT2D eigenvalue weighted by atomic mass is 9.52. The van der Waals surface area contributed by atoms with Crippen molar-refractivity contribution in [2.24, 2.45) is 4.99 Å². The highest BCUT2D eigenvalue weighted by Gasteiger charge is 2.60. The number of aliphatic imine (C=N–C) groups is 1. The summed E-state index contributed by atoms with van der Waals surface area (Å²) >= 11 is 0. The summed E-state index contributed by atoms with van der Waals surface area (Å²) in [5.74, 6) is 0.836. The smallest absolute Gasteiger partial charge is 0.145 e. The number of nitrogens with one attached hydrogen (secondary N) is 1. The van der Waals surface area contributed by atoms with Crippen LogP contribution in [0.5, 0.6) is 5.75 Å². The van der Waals surface area contributed by atoms with Crippen LogP contribution in [0.25, 0.3) is 55.4 Å². The second-order valence-electron chi connectivity index (χ2n) is 19.8. The monoisotopic (exact) mass is 930 g/mol. The number of ether oxygens (including phenoxy) is 1. The maximum absolute atomic E-state index is 6.95. The summed E-state index contributed by atoms with van der Waals surface area (Å²) in [7, 11) is 0. The molecule has 0 aromatic heterocycles. The van der Waals surface area contributed by atoms with E-state index < -0.39 is 10.8 Å². The molecule has 3 heteroatoms. The molecule has 2 heterocycles. The van der Waals surface area contributed by atoms with Gasteiger partial charge in [0.15, 0.2) is 0 Å². The molecular weight excluding hydrogens is 885 g/mol. The van der Waals surface area contributed by atoms with Gasteiger partial charge in [0.25, 0.3) is 0 Å². The summed E-state index contributed by atoms with van der Waals surface area (Å²) in [5.41, 5.74) is 23.1. The molecule has 10 aromatic rings. The third kappa shape index (κ3) is 5.79. The molecule has 0 fully saturated rings. The molecule has 0 radical (unpaired) electrons. The highest BCUT2D eigenvalue weighted by Crippen LogP contribution is 2.69. The van der Waals surface area contributed by atoms with Gasteiger partial charge in [-0.25, -0.2) is 0 Å². The molecule has 3 nitrogen and oxygen atoms in total. The minimum Gasteiger partial charge on any atom is -0.464 e. The van der Waals surface area contributed by atoms with Crippen molar-refractivity contribution in [3.05, 3.63) is 328 Å². The lowest BCUT2D eigenvalue weighted by Crippen LogP contribution is -2.44. The molecule has 0 saturated carbocycles. The Balaban J connectivity index is 0.965. The Morgan fingerprint density at radius 3 is 1.75 bits per heavy atom. The molecule has 73 heavy (non-hydrogen) atoms. The van der Waals surface area contributed by atoms with Crippen LogP contribution in [0.15, 0.2) is 267 Å². The van der Waals surface area contributed by atoms with Gasteiger partial charge in [-0.3, -0.25) is 4.99 Å². The molecule has 10 aromatic carbocycles. The fourth-order valence-corrected chi connectivity index (χ4v) is 13.3. The summed E-state index contributed by atoms with van der Waals surface area (Å²) in [6.07, 6.45) is 9.84. The van der Waals surface area contributed by atoms with Crippen LogP contribution < -0.4 is 10.1 Å². The third-order valence-corrected chi connectivity index (χ3v) is 16.2. The van der Waals surface area contributed by atoms with Gasteiger partial charge in [0.1, 0.15) is 11.9 Å². The molecule has 0 saturated heterocycles. The molecular formula is C70H46N2O.